The van der Waals surface area contributed by atoms with E-state index in [1.807, 2.05) is 31.2 Å². The summed E-state index contributed by atoms with van der Waals surface area (Å²) in [6.07, 6.45) is 0.325. The Morgan fingerprint density at radius 1 is 1.47 bits per heavy atom. The van der Waals surface area contributed by atoms with Crippen LogP contribution in [0.3, 0.4) is 0 Å². The Morgan fingerprint density at radius 2 is 2.07 bits per heavy atom. The first-order valence-corrected chi connectivity index (χ1v) is 4.80. The van der Waals surface area contributed by atoms with E-state index in [4.69, 9.17) is 10.5 Å². The van der Waals surface area contributed by atoms with Gasteiger partial charge in [0.25, 0.3) is 0 Å². The number of anilines is 1. The van der Waals surface area contributed by atoms with E-state index < -0.39 is 0 Å². The molecule has 4 nitrogen and oxygen atoms in total. The summed E-state index contributed by atoms with van der Waals surface area (Å²) in [5, 5.41) is 3.17. The van der Waals surface area contributed by atoms with Crippen LogP contribution in [0, 0.1) is 0 Å². The van der Waals surface area contributed by atoms with Gasteiger partial charge in [0.2, 0.25) is 5.91 Å². The molecule has 3 N–H and O–H groups in total. The minimum absolute atomic E-state index is 0.0379. The molecule has 1 atom stereocenters. The molecule has 1 unspecified atom stereocenters. The standard InChI is InChI=1S/C11H16N2O2/c1-8(7-11(12)14)13-9-3-5-10(15-2)6-4-9/h3-6,8,13H,7H2,1-2H3,(H2,12,14). The number of carbonyl (C=O) groups excluding carboxylic acids is 1. The lowest BCUT2D eigenvalue weighted by Gasteiger charge is -2.13. The number of hydrogen-bond acceptors (Lipinski definition) is 3. The van der Waals surface area contributed by atoms with Crippen molar-refractivity contribution in [3.05, 3.63) is 24.3 Å². The third-order valence-corrected chi connectivity index (χ3v) is 2.01. The summed E-state index contributed by atoms with van der Waals surface area (Å²) in [7, 11) is 1.62. The molecule has 0 saturated carbocycles. The van der Waals surface area contributed by atoms with Gasteiger partial charge in [-0.25, -0.2) is 0 Å². The van der Waals surface area contributed by atoms with Crippen molar-refractivity contribution in [3.63, 3.8) is 0 Å². The van der Waals surface area contributed by atoms with Crippen LogP contribution in [-0.2, 0) is 4.79 Å². The zero-order valence-corrected chi connectivity index (χ0v) is 8.99. The predicted molar refractivity (Wildman–Crippen MR) is 59.9 cm³/mol. The van der Waals surface area contributed by atoms with Gasteiger partial charge in [-0.15, -0.1) is 0 Å². The van der Waals surface area contributed by atoms with Crippen LogP contribution in [0.25, 0.3) is 0 Å². The van der Waals surface area contributed by atoms with Gasteiger partial charge in [0.1, 0.15) is 5.75 Å². The van der Waals surface area contributed by atoms with Crippen LogP contribution >= 0.6 is 0 Å². The van der Waals surface area contributed by atoms with Crippen molar-refractivity contribution in [1.82, 2.24) is 0 Å². The number of primary amides is 1. The Labute approximate surface area is 89.4 Å². The Hall–Kier alpha value is -1.71. The molecule has 0 radical (unpaired) electrons. The number of ether oxygens (including phenoxy) is 1. The Bertz CT molecular complexity index is 322. The summed E-state index contributed by atoms with van der Waals surface area (Å²) < 4.78 is 5.04. The van der Waals surface area contributed by atoms with Crippen LogP contribution in [0.4, 0.5) is 5.69 Å². The summed E-state index contributed by atoms with van der Waals surface area (Å²) in [4.78, 5) is 10.7. The smallest absolute Gasteiger partial charge is 0.219 e. The molecule has 0 fully saturated rings. The second-order valence-electron chi connectivity index (χ2n) is 3.44. The van der Waals surface area contributed by atoms with Gasteiger partial charge in [-0.1, -0.05) is 0 Å². The molecule has 1 rings (SSSR count). The quantitative estimate of drug-likeness (QED) is 0.768. The summed E-state index contributed by atoms with van der Waals surface area (Å²) in [5.74, 6) is 0.506. The fourth-order valence-electron chi connectivity index (χ4n) is 1.32. The lowest BCUT2D eigenvalue weighted by atomic mass is 10.2. The van der Waals surface area contributed by atoms with E-state index >= 15 is 0 Å². The fraction of sp³-hybridized carbons (Fsp3) is 0.364. The molecular weight excluding hydrogens is 192 g/mol. The van der Waals surface area contributed by atoms with Gasteiger partial charge in [0.05, 0.1) is 7.11 Å². The molecular formula is C11H16N2O2. The maximum atomic E-state index is 10.7. The van der Waals surface area contributed by atoms with E-state index in [2.05, 4.69) is 5.32 Å². The van der Waals surface area contributed by atoms with Crippen molar-refractivity contribution >= 4 is 11.6 Å². The molecule has 82 valence electrons. The highest BCUT2D eigenvalue weighted by Gasteiger charge is 2.05. The summed E-state index contributed by atoms with van der Waals surface area (Å²) in [6, 6.07) is 7.56. The topological polar surface area (TPSA) is 64.3 Å². The predicted octanol–water partition coefficient (Wildman–Crippen LogP) is 1.37. The number of rotatable bonds is 5. The van der Waals surface area contributed by atoms with Crippen LogP contribution in [0.15, 0.2) is 24.3 Å². The fourth-order valence-corrected chi connectivity index (χ4v) is 1.32. The number of benzene rings is 1. The zero-order valence-electron chi connectivity index (χ0n) is 8.99. The maximum Gasteiger partial charge on any atom is 0.219 e. The first-order chi connectivity index (χ1) is 7.11. The van der Waals surface area contributed by atoms with Crippen LogP contribution in [0.5, 0.6) is 5.75 Å². The lowest BCUT2D eigenvalue weighted by molar-refractivity contribution is -0.118. The van der Waals surface area contributed by atoms with E-state index in [0.717, 1.165) is 11.4 Å². The Morgan fingerprint density at radius 3 is 2.53 bits per heavy atom. The molecule has 0 aliphatic rings. The van der Waals surface area contributed by atoms with Gasteiger partial charge in [-0.2, -0.15) is 0 Å². The molecule has 0 saturated heterocycles. The average molecular weight is 208 g/mol. The van der Waals surface area contributed by atoms with E-state index in [-0.39, 0.29) is 11.9 Å². The van der Waals surface area contributed by atoms with Gasteiger partial charge in [0.15, 0.2) is 0 Å². The van der Waals surface area contributed by atoms with E-state index in [1.165, 1.54) is 0 Å². The Balaban J connectivity index is 2.53. The maximum absolute atomic E-state index is 10.7. The number of nitrogens with two attached hydrogens (primary N) is 1. The molecule has 0 bridgehead atoms. The number of methoxy groups -OCH3 is 1. The third kappa shape index (κ3) is 3.89. The van der Waals surface area contributed by atoms with E-state index in [0.29, 0.717) is 6.42 Å². The van der Waals surface area contributed by atoms with Crippen LogP contribution < -0.4 is 15.8 Å². The van der Waals surface area contributed by atoms with Crippen molar-refractivity contribution in [2.45, 2.75) is 19.4 Å². The van der Waals surface area contributed by atoms with Gasteiger partial charge in [-0.3, -0.25) is 4.79 Å². The summed E-state index contributed by atoms with van der Waals surface area (Å²) in [6.45, 7) is 1.91. The monoisotopic (exact) mass is 208 g/mol. The average Bonchev–Trinajstić information content (AvgIpc) is 2.17. The molecule has 1 aromatic rings. The van der Waals surface area contributed by atoms with E-state index in [1.54, 1.807) is 7.11 Å². The highest BCUT2D eigenvalue weighted by Crippen LogP contribution is 2.16. The molecule has 0 aliphatic heterocycles. The number of carbonyl (C=O) groups is 1. The van der Waals surface area contributed by atoms with Gasteiger partial charge in [-0.05, 0) is 31.2 Å². The molecule has 0 aliphatic carbocycles. The molecule has 4 heteroatoms. The van der Waals surface area contributed by atoms with Crippen LogP contribution in [0.1, 0.15) is 13.3 Å². The highest BCUT2D eigenvalue weighted by atomic mass is 16.5. The summed E-state index contributed by atoms with van der Waals surface area (Å²) in [5.41, 5.74) is 6.04. The van der Waals surface area contributed by atoms with Crippen molar-refractivity contribution < 1.29 is 9.53 Å². The van der Waals surface area contributed by atoms with Gasteiger partial charge in [0, 0.05) is 18.2 Å². The van der Waals surface area contributed by atoms with Crippen molar-refractivity contribution in [1.29, 1.82) is 0 Å². The SMILES string of the molecule is COc1ccc(NC(C)CC(N)=O)cc1. The van der Waals surface area contributed by atoms with Crippen LogP contribution in [-0.4, -0.2) is 19.1 Å². The minimum atomic E-state index is -0.302. The first-order valence-electron chi connectivity index (χ1n) is 4.80. The zero-order chi connectivity index (χ0) is 11.3. The second-order valence-corrected chi connectivity index (χ2v) is 3.44. The van der Waals surface area contributed by atoms with Crippen LogP contribution in [0.2, 0.25) is 0 Å². The summed E-state index contributed by atoms with van der Waals surface area (Å²) >= 11 is 0. The molecule has 0 spiro atoms. The number of nitrogens with one attached hydrogen (secondary N) is 1. The molecule has 15 heavy (non-hydrogen) atoms. The molecule has 1 aromatic carbocycles. The third-order valence-electron chi connectivity index (χ3n) is 2.01. The lowest BCUT2D eigenvalue weighted by Crippen LogP contribution is -2.23. The normalized spacial score (nSPS) is 11.9. The van der Waals surface area contributed by atoms with Crippen molar-refractivity contribution in [2.75, 3.05) is 12.4 Å². The Kier molecular flexibility index (Phi) is 3.97. The number of amides is 1. The minimum Gasteiger partial charge on any atom is -0.497 e. The van der Waals surface area contributed by atoms with E-state index in [9.17, 15) is 4.79 Å². The van der Waals surface area contributed by atoms with Gasteiger partial charge < -0.3 is 15.8 Å². The molecule has 0 heterocycles. The first kappa shape index (κ1) is 11.4. The molecule has 1 amide bonds. The second kappa shape index (κ2) is 5.24. The number of hydrogen-bond donors (Lipinski definition) is 2. The molecule has 0 aromatic heterocycles. The van der Waals surface area contributed by atoms with Crippen molar-refractivity contribution in [3.8, 4) is 5.75 Å². The largest absolute Gasteiger partial charge is 0.497 e. The van der Waals surface area contributed by atoms with Crippen molar-refractivity contribution in [2.24, 2.45) is 5.73 Å². The van der Waals surface area contributed by atoms with Gasteiger partial charge >= 0.3 is 0 Å². The highest BCUT2D eigenvalue weighted by molar-refractivity contribution is 5.74.